The highest BCUT2D eigenvalue weighted by molar-refractivity contribution is 6.29. The molecule has 3 rings (SSSR count). The van der Waals surface area contributed by atoms with Gasteiger partial charge < -0.3 is 15.0 Å². The van der Waals surface area contributed by atoms with E-state index in [1.165, 1.54) is 5.56 Å². The van der Waals surface area contributed by atoms with Gasteiger partial charge in [0.25, 0.3) is 5.91 Å². The van der Waals surface area contributed by atoms with Crippen LogP contribution >= 0.6 is 11.6 Å². The summed E-state index contributed by atoms with van der Waals surface area (Å²) in [4.78, 5) is 18.7. The van der Waals surface area contributed by atoms with Crippen molar-refractivity contribution < 1.29 is 9.53 Å². The molecule has 6 heteroatoms. The molecule has 5 nitrogen and oxygen atoms in total. The van der Waals surface area contributed by atoms with Gasteiger partial charge in [-0.15, -0.1) is 0 Å². The number of nitrogens with zero attached hydrogens (tertiary/aromatic N) is 2. The van der Waals surface area contributed by atoms with Gasteiger partial charge in [-0.25, -0.2) is 4.98 Å². The molecule has 1 saturated heterocycles. The topological polar surface area (TPSA) is 54.5 Å². The molecule has 2 aromatic rings. The predicted molar refractivity (Wildman–Crippen MR) is 95.0 cm³/mol. The maximum Gasteiger partial charge on any atom is 0.254 e. The fourth-order valence-corrected chi connectivity index (χ4v) is 3.23. The molecule has 0 aliphatic carbocycles. The highest BCUT2D eigenvalue weighted by Crippen LogP contribution is 2.29. The summed E-state index contributed by atoms with van der Waals surface area (Å²) in [5, 5.41) is 3.24. The number of likely N-dealkylation sites (tertiary alicyclic amines) is 1. The minimum atomic E-state index is -0.00758. The van der Waals surface area contributed by atoms with E-state index in [4.69, 9.17) is 16.3 Å². The van der Waals surface area contributed by atoms with Crippen molar-refractivity contribution >= 4 is 23.3 Å². The van der Waals surface area contributed by atoms with E-state index in [1.54, 1.807) is 26.3 Å². The van der Waals surface area contributed by atoms with Gasteiger partial charge in [0, 0.05) is 31.6 Å². The van der Waals surface area contributed by atoms with Crippen LogP contribution in [0.3, 0.4) is 0 Å². The number of hydrogen-bond donors (Lipinski definition) is 1. The Balaban J connectivity index is 1.72. The molecule has 1 aromatic carbocycles. The van der Waals surface area contributed by atoms with Crippen LogP contribution in [0.25, 0.3) is 0 Å². The number of benzene rings is 1. The summed E-state index contributed by atoms with van der Waals surface area (Å²) in [5.41, 5.74) is 1.80. The first-order chi connectivity index (χ1) is 11.6. The summed E-state index contributed by atoms with van der Waals surface area (Å²) >= 11 is 6.00. The maximum atomic E-state index is 12.7. The largest absolute Gasteiger partial charge is 0.497 e. The van der Waals surface area contributed by atoms with E-state index >= 15 is 0 Å². The third kappa shape index (κ3) is 3.46. The van der Waals surface area contributed by atoms with Gasteiger partial charge in [-0.1, -0.05) is 23.7 Å². The molecule has 0 spiro atoms. The number of hydrogen-bond acceptors (Lipinski definition) is 4. The van der Waals surface area contributed by atoms with E-state index < -0.39 is 0 Å². The molecule has 0 radical (unpaired) electrons. The molecule has 1 aromatic heterocycles. The van der Waals surface area contributed by atoms with Crippen molar-refractivity contribution in [1.82, 2.24) is 9.88 Å². The Hall–Kier alpha value is -2.27. The number of aromatic nitrogens is 1. The Kier molecular flexibility index (Phi) is 4.90. The number of ether oxygens (including phenoxy) is 1. The van der Waals surface area contributed by atoms with Gasteiger partial charge in [0.2, 0.25) is 0 Å². The van der Waals surface area contributed by atoms with E-state index in [1.807, 2.05) is 17.0 Å². The van der Waals surface area contributed by atoms with Crippen LogP contribution in [-0.4, -0.2) is 43.0 Å². The highest BCUT2D eigenvalue weighted by atomic mass is 35.5. The average Bonchev–Trinajstić information content (AvgIpc) is 3.10. The van der Waals surface area contributed by atoms with Gasteiger partial charge in [0.1, 0.15) is 16.7 Å². The van der Waals surface area contributed by atoms with Crippen LogP contribution in [0.5, 0.6) is 5.75 Å². The van der Waals surface area contributed by atoms with Gasteiger partial charge in [0.15, 0.2) is 0 Å². The third-order valence-corrected chi connectivity index (χ3v) is 4.55. The summed E-state index contributed by atoms with van der Waals surface area (Å²) < 4.78 is 5.19. The fourth-order valence-electron chi connectivity index (χ4n) is 3.02. The summed E-state index contributed by atoms with van der Waals surface area (Å²) in [6.07, 6.45) is 0.954. The number of amides is 1. The lowest BCUT2D eigenvalue weighted by molar-refractivity contribution is 0.0790. The number of nitrogens with one attached hydrogen (secondary N) is 1. The molecule has 1 aliphatic heterocycles. The number of carbonyl (C=O) groups excluding carboxylic acids is 1. The van der Waals surface area contributed by atoms with Crippen molar-refractivity contribution in [2.24, 2.45) is 0 Å². The van der Waals surface area contributed by atoms with Crippen molar-refractivity contribution in [3.63, 3.8) is 0 Å². The summed E-state index contributed by atoms with van der Waals surface area (Å²) in [7, 11) is 3.41. The predicted octanol–water partition coefficient (Wildman–Crippen LogP) is 3.42. The molecule has 1 amide bonds. The first-order valence-corrected chi connectivity index (χ1v) is 8.27. The molecule has 0 bridgehead atoms. The van der Waals surface area contributed by atoms with E-state index in [0.29, 0.717) is 29.0 Å². The molecule has 1 fully saturated rings. The van der Waals surface area contributed by atoms with Gasteiger partial charge in [0.05, 0.1) is 7.11 Å². The normalized spacial score (nSPS) is 17.0. The Morgan fingerprint density at radius 1 is 1.33 bits per heavy atom. The van der Waals surface area contributed by atoms with Crippen molar-refractivity contribution in [3.8, 4) is 5.75 Å². The number of rotatable bonds is 4. The first kappa shape index (κ1) is 16.6. The van der Waals surface area contributed by atoms with Crippen molar-refractivity contribution in [3.05, 3.63) is 52.7 Å². The lowest BCUT2D eigenvalue weighted by atomic mass is 9.98. The van der Waals surface area contributed by atoms with E-state index in [-0.39, 0.29) is 5.91 Å². The smallest absolute Gasteiger partial charge is 0.254 e. The molecule has 1 atom stereocenters. The Morgan fingerprint density at radius 2 is 2.08 bits per heavy atom. The van der Waals surface area contributed by atoms with E-state index in [9.17, 15) is 4.79 Å². The summed E-state index contributed by atoms with van der Waals surface area (Å²) in [6.45, 7) is 1.45. The van der Waals surface area contributed by atoms with Crippen molar-refractivity contribution in [1.29, 1.82) is 0 Å². The van der Waals surface area contributed by atoms with Crippen LogP contribution < -0.4 is 10.1 Å². The second-order valence-electron chi connectivity index (χ2n) is 5.82. The first-order valence-electron chi connectivity index (χ1n) is 7.89. The number of methoxy groups -OCH3 is 1. The lowest BCUT2D eigenvalue weighted by Crippen LogP contribution is -2.28. The van der Waals surface area contributed by atoms with Crippen LogP contribution in [0.15, 0.2) is 36.4 Å². The van der Waals surface area contributed by atoms with E-state index in [2.05, 4.69) is 22.4 Å². The third-order valence-electron chi connectivity index (χ3n) is 4.36. The number of anilines is 1. The van der Waals surface area contributed by atoms with E-state index in [0.717, 1.165) is 18.7 Å². The number of halogens is 1. The molecule has 24 heavy (non-hydrogen) atoms. The van der Waals surface area contributed by atoms with Crippen LogP contribution in [-0.2, 0) is 0 Å². The Labute approximate surface area is 146 Å². The van der Waals surface area contributed by atoms with Gasteiger partial charge in [-0.2, -0.15) is 0 Å². The van der Waals surface area contributed by atoms with Gasteiger partial charge in [-0.05, 0) is 36.2 Å². The highest BCUT2D eigenvalue weighted by Gasteiger charge is 2.28. The monoisotopic (exact) mass is 345 g/mol. The van der Waals surface area contributed by atoms with Crippen LogP contribution in [0.4, 0.5) is 5.82 Å². The molecule has 1 unspecified atom stereocenters. The molecular weight excluding hydrogens is 326 g/mol. The standard InChI is InChI=1S/C18H20ClN3O2/c1-20-17-10-14(9-16(19)21-17)18(23)22-8-7-13(11-22)12-3-5-15(24-2)6-4-12/h3-6,9-10,13H,7-8,11H2,1-2H3,(H,20,21). The average molecular weight is 346 g/mol. The lowest BCUT2D eigenvalue weighted by Gasteiger charge is -2.17. The molecule has 1 N–H and O–H groups in total. The summed E-state index contributed by atoms with van der Waals surface area (Å²) in [5.74, 6) is 1.78. The zero-order valence-electron chi connectivity index (χ0n) is 13.8. The summed E-state index contributed by atoms with van der Waals surface area (Å²) in [6, 6.07) is 11.4. The molecule has 0 saturated carbocycles. The van der Waals surface area contributed by atoms with Crippen molar-refractivity contribution in [2.45, 2.75) is 12.3 Å². The zero-order valence-corrected chi connectivity index (χ0v) is 14.5. The number of carbonyl (C=O) groups is 1. The Morgan fingerprint density at radius 3 is 2.75 bits per heavy atom. The van der Waals surface area contributed by atoms with Crippen LogP contribution in [0.1, 0.15) is 28.3 Å². The molecule has 1 aliphatic rings. The quantitative estimate of drug-likeness (QED) is 0.863. The fraction of sp³-hybridized carbons (Fsp3) is 0.333. The van der Waals surface area contributed by atoms with Crippen LogP contribution in [0, 0.1) is 0 Å². The number of pyridine rings is 1. The van der Waals surface area contributed by atoms with Gasteiger partial charge >= 0.3 is 0 Å². The minimum absolute atomic E-state index is 0.00758. The Bertz CT molecular complexity index is 734. The maximum absolute atomic E-state index is 12.7. The molecular formula is C18H20ClN3O2. The SMILES string of the molecule is CNc1cc(C(=O)N2CCC(c3ccc(OC)cc3)C2)cc(Cl)n1. The van der Waals surface area contributed by atoms with Gasteiger partial charge in [-0.3, -0.25) is 4.79 Å². The van der Waals surface area contributed by atoms with Crippen molar-refractivity contribution in [2.75, 3.05) is 32.6 Å². The second-order valence-corrected chi connectivity index (χ2v) is 6.21. The minimum Gasteiger partial charge on any atom is -0.497 e. The van der Waals surface area contributed by atoms with Crippen LogP contribution in [0.2, 0.25) is 5.15 Å². The second kappa shape index (κ2) is 7.09. The molecule has 126 valence electrons. The zero-order chi connectivity index (χ0) is 17.1. The molecule has 2 heterocycles.